The number of carbonyl (C=O) groups excluding carboxylic acids is 2. The quantitative estimate of drug-likeness (QED) is 0.219. The number of aromatic hydroxyl groups is 1. The molecule has 2 rings (SSSR count). The molecule has 2 aromatic carbocycles. The Balaban J connectivity index is 0.00000722. The zero-order valence-electron chi connectivity index (χ0n) is 21.7. The number of hydrogen-bond acceptors (Lipinski definition) is 8. The minimum absolute atomic E-state index is 0. The standard InChI is InChI=1S/C26H34Cl2N2O7.ClH.H2/c1-4-30(2)10-11-36-24-20(27)17-19(23(31)22(24)28)25(32)29-21(16-18-8-6-5-7-9-18)26(33)37-15-14-35-13-12-34-3;;/h5-9,17,21,31H,4,10-16H2,1-3H3,(H,29,32);2*1H/t21-;;/m0../s1. The Labute approximate surface area is 241 Å². The molecule has 0 aliphatic heterocycles. The summed E-state index contributed by atoms with van der Waals surface area (Å²) in [6.07, 6.45) is 0.171. The molecule has 0 saturated heterocycles. The first kappa shape index (κ1) is 33.8. The topological polar surface area (TPSA) is 107 Å². The number of phenolic OH excluding ortho intramolecular Hbond substituents is 1. The smallest absolute Gasteiger partial charge is 0.329 e. The minimum Gasteiger partial charge on any atom is -0.505 e. The van der Waals surface area contributed by atoms with Crippen molar-refractivity contribution in [3.05, 3.63) is 57.6 Å². The molecule has 0 bridgehead atoms. The minimum atomic E-state index is -1.04. The number of benzene rings is 2. The molecule has 0 saturated carbocycles. The van der Waals surface area contributed by atoms with Gasteiger partial charge in [-0.1, -0.05) is 60.5 Å². The normalized spacial score (nSPS) is 11.5. The number of carbonyl (C=O) groups is 2. The average molecular weight is 596 g/mol. The molecular formula is C26H37Cl3N2O7. The van der Waals surface area contributed by atoms with Gasteiger partial charge in [0, 0.05) is 21.5 Å². The lowest BCUT2D eigenvalue weighted by molar-refractivity contribution is -0.147. The van der Waals surface area contributed by atoms with Crippen LogP contribution in [0.3, 0.4) is 0 Å². The largest absolute Gasteiger partial charge is 0.505 e. The molecule has 1 atom stereocenters. The Morgan fingerprint density at radius 3 is 2.45 bits per heavy atom. The fraction of sp³-hybridized carbons (Fsp3) is 0.462. The van der Waals surface area contributed by atoms with Crippen molar-refractivity contribution >= 4 is 47.5 Å². The maximum atomic E-state index is 13.1. The van der Waals surface area contributed by atoms with E-state index in [1.54, 1.807) is 7.11 Å². The lowest BCUT2D eigenvalue weighted by Gasteiger charge is -2.20. The van der Waals surface area contributed by atoms with Gasteiger partial charge in [0.05, 0.1) is 30.4 Å². The van der Waals surface area contributed by atoms with Crippen LogP contribution in [0.2, 0.25) is 10.0 Å². The first-order valence-electron chi connectivity index (χ1n) is 11.9. The third-order valence-corrected chi connectivity index (χ3v) is 6.06. The van der Waals surface area contributed by atoms with Crippen molar-refractivity contribution in [3.63, 3.8) is 0 Å². The zero-order valence-corrected chi connectivity index (χ0v) is 24.0. The Kier molecular flexibility index (Phi) is 16.1. The van der Waals surface area contributed by atoms with E-state index in [-0.39, 0.29) is 61.4 Å². The molecule has 0 heterocycles. The van der Waals surface area contributed by atoms with Gasteiger partial charge in [-0.3, -0.25) is 4.79 Å². The molecule has 0 unspecified atom stereocenters. The second kappa shape index (κ2) is 18.1. The number of hydrogen-bond donors (Lipinski definition) is 2. The number of nitrogens with one attached hydrogen (secondary N) is 1. The van der Waals surface area contributed by atoms with Crippen LogP contribution in [0.5, 0.6) is 11.5 Å². The van der Waals surface area contributed by atoms with E-state index < -0.39 is 23.7 Å². The van der Waals surface area contributed by atoms with Gasteiger partial charge in [-0.15, -0.1) is 12.4 Å². The molecule has 0 aliphatic rings. The molecule has 38 heavy (non-hydrogen) atoms. The molecule has 0 aromatic heterocycles. The maximum absolute atomic E-state index is 13.1. The number of esters is 1. The van der Waals surface area contributed by atoms with Crippen LogP contribution >= 0.6 is 35.6 Å². The summed E-state index contributed by atoms with van der Waals surface area (Å²) in [5.74, 6) is -1.81. The SMILES string of the molecule is CCN(C)CCOc1c(Cl)cc(C(=O)N[C@@H](Cc2ccccc2)C(=O)OCCOCCOC)c(O)c1Cl.Cl.[HH]. The molecule has 9 nitrogen and oxygen atoms in total. The highest BCUT2D eigenvalue weighted by molar-refractivity contribution is 6.39. The van der Waals surface area contributed by atoms with Gasteiger partial charge in [0.25, 0.3) is 5.91 Å². The third-order valence-electron chi connectivity index (χ3n) is 5.43. The van der Waals surface area contributed by atoms with Crippen LogP contribution in [-0.4, -0.2) is 88.2 Å². The van der Waals surface area contributed by atoms with Crippen molar-refractivity contribution in [2.75, 3.05) is 60.3 Å². The maximum Gasteiger partial charge on any atom is 0.329 e. The summed E-state index contributed by atoms with van der Waals surface area (Å²) in [5, 5.41) is 13.1. The second-order valence-corrected chi connectivity index (χ2v) is 8.92. The highest BCUT2D eigenvalue weighted by atomic mass is 35.5. The number of amides is 1. The first-order chi connectivity index (χ1) is 17.8. The first-order valence-corrected chi connectivity index (χ1v) is 12.6. The van der Waals surface area contributed by atoms with Gasteiger partial charge in [0.15, 0.2) is 11.5 Å². The van der Waals surface area contributed by atoms with E-state index in [4.69, 9.17) is 42.1 Å². The van der Waals surface area contributed by atoms with Gasteiger partial charge in [-0.05, 0) is 25.2 Å². The summed E-state index contributed by atoms with van der Waals surface area (Å²) >= 11 is 12.6. The molecule has 214 valence electrons. The highest BCUT2D eigenvalue weighted by Crippen LogP contribution is 2.42. The number of methoxy groups -OCH3 is 1. The predicted octanol–water partition coefficient (Wildman–Crippen LogP) is 4.24. The molecule has 1 amide bonds. The molecule has 0 radical (unpaired) electrons. The summed E-state index contributed by atoms with van der Waals surface area (Å²) in [6.45, 7) is 4.73. The summed E-state index contributed by atoms with van der Waals surface area (Å²) in [7, 11) is 3.49. The van der Waals surface area contributed by atoms with Crippen LogP contribution in [-0.2, 0) is 25.4 Å². The van der Waals surface area contributed by atoms with E-state index in [2.05, 4.69) is 5.32 Å². The Bertz CT molecular complexity index is 1020. The highest BCUT2D eigenvalue weighted by Gasteiger charge is 2.27. The average Bonchev–Trinajstić information content (AvgIpc) is 2.89. The van der Waals surface area contributed by atoms with Crippen molar-refractivity contribution in [1.29, 1.82) is 0 Å². The third kappa shape index (κ3) is 10.8. The fourth-order valence-corrected chi connectivity index (χ4v) is 3.75. The number of nitrogens with zero attached hydrogens (tertiary/aromatic N) is 1. The van der Waals surface area contributed by atoms with Crippen molar-refractivity contribution < 1.29 is 35.1 Å². The van der Waals surface area contributed by atoms with Crippen LogP contribution in [0, 0.1) is 0 Å². The van der Waals surface area contributed by atoms with Gasteiger partial charge in [0.2, 0.25) is 0 Å². The molecule has 0 spiro atoms. The summed E-state index contributed by atoms with van der Waals surface area (Å²) in [4.78, 5) is 27.9. The lowest BCUT2D eigenvalue weighted by atomic mass is 10.1. The van der Waals surface area contributed by atoms with Crippen LogP contribution in [0.4, 0.5) is 0 Å². The predicted molar refractivity (Wildman–Crippen MR) is 151 cm³/mol. The zero-order chi connectivity index (χ0) is 27.2. The van der Waals surface area contributed by atoms with E-state index in [1.807, 2.05) is 49.2 Å². The van der Waals surface area contributed by atoms with Gasteiger partial charge in [-0.25, -0.2) is 4.79 Å². The Hall–Kier alpha value is -2.27. The van der Waals surface area contributed by atoms with Crippen molar-refractivity contribution in [1.82, 2.24) is 10.2 Å². The van der Waals surface area contributed by atoms with E-state index in [9.17, 15) is 14.7 Å². The Morgan fingerprint density at radius 1 is 1.11 bits per heavy atom. The Morgan fingerprint density at radius 2 is 1.79 bits per heavy atom. The van der Waals surface area contributed by atoms with E-state index in [0.29, 0.717) is 19.8 Å². The van der Waals surface area contributed by atoms with Crippen LogP contribution in [0.1, 0.15) is 24.3 Å². The monoisotopic (exact) mass is 594 g/mol. The molecule has 2 aromatic rings. The summed E-state index contributed by atoms with van der Waals surface area (Å²) in [5.41, 5.74) is 0.615. The number of rotatable bonds is 16. The van der Waals surface area contributed by atoms with Crippen molar-refractivity contribution in [2.24, 2.45) is 0 Å². The van der Waals surface area contributed by atoms with E-state index in [1.165, 1.54) is 6.07 Å². The van der Waals surface area contributed by atoms with Crippen molar-refractivity contribution in [2.45, 2.75) is 19.4 Å². The van der Waals surface area contributed by atoms with Gasteiger partial charge in [-0.2, -0.15) is 0 Å². The molecule has 0 aliphatic carbocycles. The molecule has 12 heteroatoms. The number of ether oxygens (including phenoxy) is 4. The van der Waals surface area contributed by atoms with E-state index in [0.717, 1.165) is 12.1 Å². The number of phenols is 1. The van der Waals surface area contributed by atoms with E-state index >= 15 is 0 Å². The summed E-state index contributed by atoms with van der Waals surface area (Å²) < 4.78 is 21.2. The number of halogens is 3. The van der Waals surface area contributed by atoms with Crippen LogP contribution < -0.4 is 10.1 Å². The van der Waals surface area contributed by atoms with Crippen LogP contribution in [0.15, 0.2) is 36.4 Å². The molecular weight excluding hydrogens is 559 g/mol. The fourth-order valence-electron chi connectivity index (χ4n) is 3.18. The van der Waals surface area contributed by atoms with Crippen LogP contribution in [0.25, 0.3) is 0 Å². The van der Waals surface area contributed by atoms with Crippen molar-refractivity contribution in [3.8, 4) is 11.5 Å². The summed E-state index contributed by atoms with van der Waals surface area (Å²) in [6, 6.07) is 9.37. The van der Waals surface area contributed by atoms with Gasteiger partial charge >= 0.3 is 5.97 Å². The molecule has 2 N–H and O–H groups in total. The van der Waals surface area contributed by atoms with Gasteiger partial charge in [0.1, 0.15) is 24.3 Å². The number of likely N-dealkylation sites (N-methyl/N-ethyl adjacent to an activating group) is 1. The second-order valence-electron chi connectivity index (χ2n) is 8.13. The van der Waals surface area contributed by atoms with Gasteiger partial charge < -0.3 is 34.3 Å². The lowest BCUT2D eigenvalue weighted by Crippen LogP contribution is -2.43. The molecule has 0 fully saturated rings.